The van der Waals surface area contributed by atoms with Crippen molar-refractivity contribution in [3.05, 3.63) is 58.1 Å². The van der Waals surface area contributed by atoms with Gasteiger partial charge in [0.1, 0.15) is 4.90 Å². The zero-order chi connectivity index (χ0) is 17.2. The van der Waals surface area contributed by atoms with Crippen LogP contribution in [0.25, 0.3) is 0 Å². The quantitative estimate of drug-likeness (QED) is 0.767. The molecule has 0 aliphatic heterocycles. The van der Waals surface area contributed by atoms with Gasteiger partial charge in [-0.15, -0.1) is 0 Å². The molecule has 0 saturated heterocycles. The summed E-state index contributed by atoms with van der Waals surface area (Å²) in [5, 5.41) is 0.315. The Bertz CT molecular complexity index is 852. The topological polar surface area (TPSA) is 63.7 Å². The fraction of sp³-hybridized carbons (Fsp3) is 0.133. The van der Waals surface area contributed by atoms with Gasteiger partial charge in [0.25, 0.3) is 10.0 Å². The van der Waals surface area contributed by atoms with Crippen molar-refractivity contribution in [1.29, 1.82) is 0 Å². The zero-order valence-electron chi connectivity index (χ0n) is 12.3. The largest absolute Gasteiger partial charge is 0.465 e. The van der Waals surface area contributed by atoms with Crippen LogP contribution < -0.4 is 4.31 Å². The lowest BCUT2D eigenvalue weighted by molar-refractivity contribution is 0.0600. The Kier molecular flexibility index (Phi) is 5.19. The molecule has 0 heterocycles. The monoisotopic (exact) mass is 373 g/mol. The standard InChI is InChI=1S/C15H13Cl2NO4S/c1-18(12-5-3-4-10(8-12)15(19)22-2)23(20,21)14-9-11(16)6-7-13(14)17/h3-9H,1-2H3. The molecular formula is C15H13Cl2NO4S. The van der Waals surface area contributed by atoms with E-state index in [-0.39, 0.29) is 20.5 Å². The van der Waals surface area contributed by atoms with Crippen LogP contribution in [0.5, 0.6) is 0 Å². The van der Waals surface area contributed by atoms with Gasteiger partial charge in [0.05, 0.1) is 23.4 Å². The first-order valence-corrected chi connectivity index (χ1v) is 8.59. The van der Waals surface area contributed by atoms with E-state index in [2.05, 4.69) is 4.74 Å². The Morgan fingerprint density at radius 3 is 2.48 bits per heavy atom. The smallest absolute Gasteiger partial charge is 0.337 e. The third kappa shape index (κ3) is 3.60. The molecule has 23 heavy (non-hydrogen) atoms. The molecule has 0 unspecified atom stereocenters. The molecule has 0 fully saturated rings. The van der Waals surface area contributed by atoms with Crippen molar-refractivity contribution in [3.8, 4) is 0 Å². The third-order valence-electron chi connectivity index (χ3n) is 3.16. The van der Waals surface area contributed by atoms with Crippen LogP contribution >= 0.6 is 23.2 Å². The van der Waals surface area contributed by atoms with Gasteiger partial charge in [-0.25, -0.2) is 13.2 Å². The number of ether oxygens (including phenoxy) is 1. The molecule has 2 rings (SSSR count). The number of rotatable bonds is 4. The highest BCUT2D eigenvalue weighted by Crippen LogP contribution is 2.30. The lowest BCUT2D eigenvalue weighted by Crippen LogP contribution is -2.27. The number of hydrogen-bond donors (Lipinski definition) is 0. The van der Waals surface area contributed by atoms with Gasteiger partial charge in [-0.1, -0.05) is 29.3 Å². The Morgan fingerprint density at radius 2 is 1.83 bits per heavy atom. The van der Waals surface area contributed by atoms with Crippen molar-refractivity contribution in [2.75, 3.05) is 18.5 Å². The molecular weight excluding hydrogens is 361 g/mol. The summed E-state index contributed by atoms with van der Waals surface area (Å²) in [6.45, 7) is 0. The molecule has 0 amide bonds. The van der Waals surface area contributed by atoms with E-state index in [1.807, 2.05) is 0 Å². The van der Waals surface area contributed by atoms with E-state index in [0.29, 0.717) is 5.69 Å². The Labute approximate surface area is 144 Å². The van der Waals surface area contributed by atoms with Gasteiger partial charge in [-0.05, 0) is 36.4 Å². The van der Waals surface area contributed by atoms with E-state index in [4.69, 9.17) is 23.2 Å². The van der Waals surface area contributed by atoms with Crippen LogP contribution in [0.1, 0.15) is 10.4 Å². The number of carbonyl (C=O) groups is 1. The van der Waals surface area contributed by atoms with Crippen LogP contribution in [0.15, 0.2) is 47.4 Å². The number of halogens is 2. The van der Waals surface area contributed by atoms with Gasteiger partial charge < -0.3 is 4.74 Å². The van der Waals surface area contributed by atoms with E-state index in [1.54, 1.807) is 12.1 Å². The highest BCUT2D eigenvalue weighted by Gasteiger charge is 2.25. The van der Waals surface area contributed by atoms with Crippen molar-refractivity contribution < 1.29 is 17.9 Å². The second kappa shape index (κ2) is 6.78. The van der Waals surface area contributed by atoms with Crippen molar-refractivity contribution in [3.63, 3.8) is 0 Å². The minimum atomic E-state index is -3.93. The maximum atomic E-state index is 12.7. The predicted octanol–water partition coefficient (Wildman–Crippen LogP) is 3.61. The predicted molar refractivity (Wildman–Crippen MR) is 89.8 cm³/mol. The highest BCUT2D eigenvalue weighted by atomic mass is 35.5. The van der Waals surface area contributed by atoms with Gasteiger partial charge in [0, 0.05) is 12.1 Å². The Hall–Kier alpha value is -1.76. The molecule has 2 aromatic carbocycles. The van der Waals surface area contributed by atoms with Gasteiger partial charge in [0.2, 0.25) is 0 Å². The van der Waals surface area contributed by atoms with Gasteiger partial charge in [0.15, 0.2) is 0 Å². The molecule has 0 saturated carbocycles. The summed E-state index contributed by atoms with van der Waals surface area (Å²) in [5.41, 5.74) is 0.535. The summed E-state index contributed by atoms with van der Waals surface area (Å²) in [5.74, 6) is -0.557. The summed E-state index contributed by atoms with van der Waals surface area (Å²) < 4.78 is 31.1. The summed E-state index contributed by atoms with van der Waals surface area (Å²) in [6, 6.07) is 10.3. The zero-order valence-corrected chi connectivity index (χ0v) is 14.6. The Morgan fingerprint density at radius 1 is 1.13 bits per heavy atom. The van der Waals surface area contributed by atoms with Crippen LogP contribution in [-0.4, -0.2) is 28.5 Å². The first-order chi connectivity index (χ1) is 10.8. The molecule has 0 aliphatic rings. The van der Waals surface area contributed by atoms with E-state index < -0.39 is 16.0 Å². The van der Waals surface area contributed by atoms with Crippen LogP contribution in [0.3, 0.4) is 0 Å². The van der Waals surface area contributed by atoms with Crippen LogP contribution in [-0.2, 0) is 14.8 Å². The SMILES string of the molecule is COC(=O)c1cccc(N(C)S(=O)(=O)c2cc(Cl)ccc2Cl)c1. The van der Waals surface area contributed by atoms with Crippen molar-refractivity contribution in [2.45, 2.75) is 4.90 Å². The van der Waals surface area contributed by atoms with Gasteiger partial charge in [-0.3, -0.25) is 4.31 Å². The average molecular weight is 374 g/mol. The molecule has 0 atom stereocenters. The summed E-state index contributed by atoms with van der Waals surface area (Å²) in [4.78, 5) is 11.5. The lowest BCUT2D eigenvalue weighted by Gasteiger charge is -2.20. The van der Waals surface area contributed by atoms with E-state index in [1.165, 1.54) is 44.5 Å². The molecule has 8 heteroatoms. The average Bonchev–Trinajstić information content (AvgIpc) is 2.55. The van der Waals surface area contributed by atoms with Crippen LogP contribution in [0, 0.1) is 0 Å². The van der Waals surface area contributed by atoms with E-state index >= 15 is 0 Å². The number of esters is 1. The van der Waals surface area contributed by atoms with E-state index in [9.17, 15) is 13.2 Å². The maximum absolute atomic E-state index is 12.7. The fourth-order valence-corrected chi connectivity index (χ4v) is 3.83. The fourth-order valence-electron chi connectivity index (χ4n) is 1.91. The van der Waals surface area contributed by atoms with Crippen LogP contribution in [0.2, 0.25) is 10.0 Å². The second-order valence-corrected chi connectivity index (χ2v) is 7.37. The molecule has 0 aliphatic carbocycles. The number of sulfonamides is 1. The third-order valence-corrected chi connectivity index (χ3v) is 5.66. The van der Waals surface area contributed by atoms with Crippen LogP contribution in [0.4, 0.5) is 5.69 Å². The number of anilines is 1. The van der Waals surface area contributed by atoms with Crippen molar-refractivity contribution in [1.82, 2.24) is 0 Å². The number of nitrogens with zero attached hydrogens (tertiary/aromatic N) is 1. The first-order valence-electron chi connectivity index (χ1n) is 6.39. The Balaban J connectivity index is 2.48. The minimum Gasteiger partial charge on any atom is -0.465 e. The number of methoxy groups -OCH3 is 1. The molecule has 0 bridgehead atoms. The summed E-state index contributed by atoms with van der Waals surface area (Å²) in [7, 11) is -1.31. The molecule has 0 radical (unpaired) electrons. The molecule has 122 valence electrons. The summed E-state index contributed by atoms with van der Waals surface area (Å²) in [6.07, 6.45) is 0. The molecule has 0 aromatic heterocycles. The lowest BCUT2D eigenvalue weighted by atomic mass is 10.2. The molecule has 2 aromatic rings. The first kappa shape index (κ1) is 17.6. The molecule has 5 nitrogen and oxygen atoms in total. The van der Waals surface area contributed by atoms with Crippen molar-refractivity contribution in [2.24, 2.45) is 0 Å². The number of hydrogen-bond acceptors (Lipinski definition) is 4. The molecule has 0 spiro atoms. The number of carbonyl (C=O) groups excluding carboxylic acids is 1. The number of benzene rings is 2. The van der Waals surface area contributed by atoms with Gasteiger partial charge >= 0.3 is 5.97 Å². The van der Waals surface area contributed by atoms with Gasteiger partial charge in [-0.2, -0.15) is 0 Å². The molecule has 0 N–H and O–H groups in total. The maximum Gasteiger partial charge on any atom is 0.337 e. The minimum absolute atomic E-state index is 0.0605. The van der Waals surface area contributed by atoms with E-state index in [0.717, 1.165) is 4.31 Å². The van der Waals surface area contributed by atoms with Crippen molar-refractivity contribution >= 4 is 44.9 Å². The second-order valence-electron chi connectivity index (χ2n) is 4.59. The highest BCUT2D eigenvalue weighted by molar-refractivity contribution is 7.93. The summed E-state index contributed by atoms with van der Waals surface area (Å²) >= 11 is 11.8. The normalized spacial score (nSPS) is 11.1.